The van der Waals surface area contributed by atoms with Gasteiger partial charge >= 0.3 is 0 Å². The van der Waals surface area contributed by atoms with E-state index in [0.29, 0.717) is 11.5 Å². The molecule has 2 rings (SSSR count). The topological polar surface area (TPSA) is 55.1 Å². The van der Waals surface area contributed by atoms with Crippen LogP contribution in [0.4, 0.5) is 0 Å². The number of ether oxygens (including phenoxy) is 2. The van der Waals surface area contributed by atoms with Crippen molar-refractivity contribution in [2.24, 2.45) is 0 Å². The van der Waals surface area contributed by atoms with Crippen LogP contribution in [0.5, 0.6) is 17.2 Å². The van der Waals surface area contributed by atoms with Crippen LogP contribution in [0.3, 0.4) is 0 Å². The second-order valence-electron chi connectivity index (χ2n) is 4.13. The monoisotopic (exact) mass is 254 g/mol. The summed E-state index contributed by atoms with van der Waals surface area (Å²) in [6.07, 6.45) is 1.52. The Morgan fingerprint density at radius 1 is 1.21 bits per heavy atom. The maximum atomic E-state index is 8.88. The quantitative estimate of drug-likeness (QED) is 0.842. The smallest absolute Gasteiger partial charge is 0.182 e. The van der Waals surface area contributed by atoms with Crippen molar-refractivity contribution < 1.29 is 9.47 Å². The lowest BCUT2D eigenvalue weighted by atomic mass is 10.1. The van der Waals surface area contributed by atoms with Gasteiger partial charge in [-0.25, -0.2) is 4.98 Å². The molecule has 19 heavy (non-hydrogen) atoms. The van der Waals surface area contributed by atoms with Crippen LogP contribution in [0.25, 0.3) is 0 Å². The van der Waals surface area contributed by atoms with Gasteiger partial charge < -0.3 is 9.47 Å². The van der Waals surface area contributed by atoms with Crippen LogP contribution in [-0.4, -0.2) is 12.1 Å². The van der Waals surface area contributed by atoms with Crippen LogP contribution in [0.15, 0.2) is 30.5 Å². The lowest BCUT2D eigenvalue weighted by Crippen LogP contribution is -1.94. The van der Waals surface area contributed by atoms with E-state index in [2.05, 4.69) is 4.98 Å². The molecule has 0 spiro atoms. The van der Waals surface area contributed by atoms with Crippen LogP contribution >= 0.6 is 0 Å². The van der Waals surface area contributed by atoms with Crippen LogP contribution in [0, 0.1) is 25.2 Å². The van der Waals surface area contributed by atoms with Crippen molar-refractivity contribution in [2.45, 2.75) is 13.8 Å². The van der Waals surface area contributed by atoms with Crippen molar-refractivity contribution in [1.29, 1.82) is 5.26 Å². The molecule has 1 heterocycles. The molecular formula is C15H14N2O2. The Labute approximate surface area is 112 Å². The largest absolute Gasteiger partial charge is 0.494 e. The van der Waals surface area contributed by atoms with E-state index in [4.69, 9.17) is 14.7 Å². The Hall–Kier alpha value is -2.54. The molecule has 4 heteroatoms. The summed E-state index contributed by atoms with van der Waals surface area (Å²) < 4.78 is 10.9. The fourth-order valence-corrected chi connectivity index (χ4v) is 1.68. The van der Waals surface area contributed by atoms with Gasteiger partial charge in [-0.1, -0.05) is 12.1 Å². The first kappa shape index (κ1) is 12.9. The van der Waals surface area contributed by atoms with Crippen LogP contribution in [0.1, 0.15) is 16.8 Å². The van der Waals surface area contributed by atoms with E-state index in [9.17, 15) is 0 Å². The molecule has 1 aromatic heterocycles. The molecule has 4 nitrogen and oxygen atoms in total. The molecule has 0 unspecified atom stereocenters. The molecule has 0 N–H and O–H groups in total. The fourth-order valence-electron chi connectivity index (χ4n) is 1.68. The molecule has 0 saturated heterocycles. The number of aromatic nitrogens is 1. The van der Waals surface area contributed by atoms with Crippen LogP contribution in [0.2, 0.25) is 0 Å². The third kappa shape index (κ3) is 2.66. The summed E-state index contributed by atoms with van der Waals surface area (Å²) in [5.74, 6) is 1.73. The van der Waals surface area contributed by atoms with E-state index >= 15 is 0 Å². The molecule has 96 valence electrons. The van der Waals surface area contributed by atoms with Gasteiger partial charge in [0, 0.05) is 6.07 Å². The van der Waals surface area contributed by atoms with Crippen molar-refractivity contribution in [3.05, 3.63) is 47.3 Å². The summed E-state index contributed by atoms with van der Waals surface area (Å²) in [4.78, 5) is 4.01. The summed E-state index contributed by atoms with van der Waals surface area (Å²) in [6.45, 7) is 4.03. The second-order valence-corrected chi connectivity index (χ2v) is 4.13. The maximum absolute atomic E-state index is 8.88. The Morgan fingerprint density at radius 2 is 2.00 bits per heavy atom. The summed E-state index contributed by atoms with van der Waals surface area (Å²) in [6, 6.07) is 9.49. The highest BCUT2D eigenvalue weighted by molar-refractivity contribution is 5.45. The number of benzene rings is 1. The van der Waals surface area contributed by atoms with Crippen LogP contribution < -0.4 is 9.47 Å². The van der Waals surface area contributed by atoms with Gasteiger partial charge in [0.1, 0.15) is 17.6 Å². The molecule has 0 atom stereocenters. The molecule has 0 aliphatic heterocycles. The number of hydrogen-bond acceptors (Lipinski definition) is 4. The molecule has 0 amide bonds. The van der Waals surface area contributed by atoms with Gasteiger partial charge in [-0.2, -0.15) is 5.26 Å². The molecule has 0 aliphatic carbocycles. The predicted octanol–water partition coefficient (Wildman–Crippen LogP) is 3.37. The van der Waals surface area contributed by atoms with Gasteiger partial charge in [0.2, 0.25) is 0 Å². The SMILES string of the molecule is COc1cc(Oc2cccc(C)c2C)cnc1C#N. The van der Waals surface area contributed by atoms with Gasteiger partial charge in [0.05, 0.1) is 13.3 Å². The minimum Gasteiger partial charge on any atom is -0.494 e. The van der Waals surface area contributed by atoms with Crippen molar-refractivity contribution in [2.75, 3.05) is 7.11 Å². The second kappa shape index (κ2) is 5.40. The van der Waals surface area contributed by atoms with Gasteiger partial charge in [0.25, 0.3) is 0 Å². The predicted molar refractivity (Wildman–Crippen MR) is 71.5 cm³/mol. The van der Waals surface area contributed by atoms with Crippen molar-refractivity contribution >= 4 is 0 Å². The van der Waals surface area contributed by atoms with Gasteiger partial charge in [0.15, 0.2) is 11.4 Å². The van der Waals surface area contributed by atoms with E-state index < -0.39 is 0 Å². The highest BCUT2D eigenvalue weighted by atomic mass is 16.5. The Balaban J connectivity index is 2.34. The van der Waals surface area contributed by atoms with Crippen LogP contribution in [-0.2, 0) is 0 Å². The number of rotatable bonds is 3. The summed E-state index contributed by atoms with van der Waals surface area (Å²) in [5, 5.41) is 8.88. The van der Waals surface area contributed by atoms with E-state index in [1.54, 1.807) is 6.07 Å². The van der Waals surface area contributed by atoms with Crippen molar-refractivity contribution in [1.82, 2.24) is 4.98 Å². The molecule has 0 aliphatic rings. The summed E-state index contributed by atoms with van der Waals surface area (Å²) >= 11 is 0. The average molecular weight is 254 g/mol. The molecular weight excluding hydrogens is 240 g/mol. The van der Waals surface area contributed by atoms with Crippen molar-refractivity contribution in [3.8, 4) is 23.3 Å². The average Bonchev–Trinajstić information content (AvgIpc) is 2.43. The molecule has 1 aromatic carbocycles. The van der Waals surface area contributed by atoms with E-state index in [0.717, 1.165) is 16.9 Å². The Bertz CT molecular complexity index is 645. The number of nitriles is 1. The van der Waals surface area contributed by atoms with Gasteiger partial charge in [-0.15, -0.1) is 0 Å². The molecule has 0 fully saturated rings. The van der Waals surface area contributed by atoms with Crippen molar-refractivity contribution in [3.63, 3.8) is 0 Å². The minimum atomic E-state index is 0.246. The zero-order valence-corrected chi connectivity index (χ0v) is 11.1. The molecule has 0 saturated carbocycles. The maximum Gasteiger partial charge on any atom is 0.182 e. The third-order valence-corrected chi connectivity index (χ3v) is 2.94. The Morgan fingerprint density at radius 3 is 2.68 bits per heavy atom. The normalized spacial score (nSPS) is 9.79. The summed E-state index contributed by atoms with van der Waals surface area (Å²) in [5.41, 5.74) is 2.48. The van der Waals surface area contributed by atoms with Gasteiger partial charge in [-0.05, 0) is 31.0 Å². The van der Waals surface area contributed by atoms with E-state index in [1.807, 2.05) is 38.1 Å². The third-order valence-electron chi connectivity index (χ3n) is 2.94. The number of pyridine rings is 1. The molecule has 0 radical (unpaired) electrons. The first-order chi connectivity index (χ1) is 9.15. The first-order valence-corrected chi connectivity index (χ1v) is 5.84. The number of methoxy groups -OCH3 is 1. The standard InChI is InChI=1S/C15H14N2O2/c1-10-5-4-6-14(11(10)2)19-12-7-15(18-3)13(8-16)17-9-12/h4-7,9H,1-3H3. The lowest BCUT2D eigenvalue weighted by Gasteiger charge is -2.11. The van der Waals surface area contributed by atoms with Gasteiger partial charge in [-0.3, -0.25) is 0 Å². The Kier molecular flexibility index (Phi) is 3.67. The highest BCUT2D eigenvalue weighted by Crippen LogP contribution is 2.29. The zero-order valence-electron chi connectivity index (χ0n) is 11.1. The van der Waals surface area contributed by atoms with E-state index in [-0.39, 0.29) is 5.69 Å². The number of nitrogens with zero attached hydrogens (tertiary/aromatic N) is 2. The molecule has 2 aromatic rings. The highest BCUT2D eigenvalue weighted by Gasteiger charge is 2.08. The summed E-state index contributed by atoms with van der Waals surface area (Å²) in [7, 11) is 1.50. The first-order valence-electron chi connectivity index (χ1n) is 5.84. The molecule has 0 bridgehead atoms. The lowest BCUT2D eigenvalue weighted by molar-refractivity contribution is 0.404. The zero-order chi connectivity index (χ0) is 13.8. The minimum absolute atomic E-state index is 0.246. The van der Waals surface area contributed by atoms with E-state index in [1.165, 1.54) is 13.3 Å². The number of aryl methyl sites for hydroxylation is 1. The fraction of sp³-hybridized carbons (Fsp3) is 0.200. The number of hydrogen-bond donors (Lipinski definition) is 0.